The number of hydrogen-bond donors (Lipinski definition) is 1. The summed E-state index contributed by atoms with van der Waals surface area (Å²) in [5, 5.41) is 0. The molecule has 1 aliphatic heterocycles. The average Bonchev–Trinajstić information content (AvgIpc) is 2.29. The highest BCUT2D eigenvalue weighted by atomic mass is 15.2. The quantitative estimate of drug-likeness (QED) is 0.791. The van der Waals surface area contributed by atoms with Gasteiger partial charge >= 0.3 is 0 Å². The Morgan fingerprint density at radius 1 is 1.21 bits per heavy atom. The van der Waals surface area contributed by atoms with Gasteiger partial charge in [-0.2, -0.15) is 0 Å². The van der Waals surface area contributed by atoms with Crippen molar-refractivity contribution in [3.8, 4) is 0 Å². The Balaban J connectivity index is 2.32. The molecule has 19 heavy (non-hydrogen) atoms. The van der Waals surface area contributed by atoms with Crippen LogP contribution in [0, 0.1) is 17.3 Å². The summed E-state index contributed by atoms with van der Waals surface area (Å²) in [4.78, 5) is 2.70. The Bertz CT molecular complexity index is 244. The molecule has 3 atom stereocenters. The monoisotopic (exact) mass is 268 g/mol. The molecule has 0 amide bonds. The summed E-state index contributed by atoms with van der Waals surface area (Å²) in [6.45, 7) is 15.3. The topological polar surface area (TPSA) is 29.3 Å². The maximum atomic E-state index is 5.77. The van der Waals surface area contributed by atoms with Gasteiger partial charge in [0, 0.05) is 6.04 Å². The van der Waals surface area contributed by atoms with Gasteiger partial charge in [-0.15, -0.1) is 0 Å². The van der Waals surface area contributed by atoms with Gasteiger partial charge in [0.1, 0.15) is 0 Å². The second-order valence-electron chi connectivity index (χ2n) is 7.80. The minimum Gasteiger partial charge on any atom is -0.330 e. The molecule has 1 saturated heterocycles. The molecule has 0 aromatic heterocycles. The molecule has 0 saturated carbocycles. The van der Waals surface area contributed by atoms with Gasteiger partial charge in [-0.25, -0.2) is 0 Å². The fourth-order valence-corrected chi connectivity index (χ4v) is 3.54. The van der Waals surface area contributed by atoms with E-state index < -0.39 is 0 Å². The standard InChI is InChI=1S/C17H36N2/c1-14-9-12-19(15(2)13-14)11-6-7-16(8-10-18)17(3,4)5/h14-16H,6-13,18H2,1-5H3. The van der Waals surface area contributed by atoms with Crippen LogP contribution < -0.4 is 5.73 Å². The van der Waals surface area contributed by atoms with E-state index in [0.717, 1.165) is 24.4 Å². The van der Waals surface area contributed by atoms with E-state index >= 15 is 0 Å². The van der Waals surface area contributed by atoms with Crippen LogP contribution in [0.2, 0.25) is 0 Å². The third kappa shape index (κ3) is 5.83. The SMILES string of the molecule is CC1CCN(CCCC(CCN)C(C)(C)C)C(C)C1. The Kier molecular flexibility index (Phi) is 6.82. The van der Waals surface area contributed by atoms with Gasteiger partial charge in [0.15, 0.2) is 0 Å². The largest absolute Gasteiger partial charge is 0.330 e. The zero-order chi connectivity index (χ0) is 14.5. The molecule has 1 rings (SSSR count). The van der Waals surface area contributed by atoms with Gasteiger partial charge < -0.3 is 10.6 Å². The predicted octanol–water partition coefficient (Wildman–Crippen LogP) is 3.90. The van der Waals surface area contributed by atoms with Crippen molar-refractivity contribution in [2.75, 3.05) is 19.6 Å². The Hall–Kier alpha value is -0.0800. The minimum atomic E-state index is 0.404. The zero-order valence-electron chi connectivity index (χ0n) is 13.9. The lowest BCUT2D eigenvalue weighted by atomic mass is 9.76. The van der Waals surface area contributed by atoms with Gasteiger partial charge in [-0.05, 0) is 75.9 Å². The molecule has 0 bridgehead atoms. The second-order valence-corrected chi connectivity index (χ2v) is 7.80. The van der Waals surface area contributed by atoms with Crippen LogP contribution in [0.25, 0.3) is 0 Å². The minimum absolute atomic E-state index is 0.404. The molecular weight excluding hydrogens is 232 g/mol. The summed E-state index contributed by atoms with van der Waals surface area (Å²) in [5.74, 6) is 1.70. The highest BCUT2D eigenvalue weighted by Gasteiger charge is 2.25. The molecular formula is C17H36N2. The first-order valence-corrected chi connectivity index (χ1v) is 8.28. The van der Waals surface area contributed by atoms with E-state index in [4.69, 9.17) is 5.73 Å². The van der Waals surface area contributed by atoms with Crippen LogP contribution in [0.5, 0.6) is 0 Å². The maximum Gasteiger partial charge on any atom is 0.00694 e. The van der Waals surface area contributed by atoms with E-state index in [1.165, 1.54) is 45.2 Å². The molecule has 2 heteroatoms. The van der Waals surface area contributed by atoms with Crippen molar-refractivity contribution < 1.29 is 0 Å². The first-order valence-electron chi connectivity index (χ1n) is 8.28. The molecule has 0 spiro atoms. The number of nitrogens with zero attached hydrogens (tertiary/aromatic N) is 1. The molecule has 1 heterocycles. The van der Waals surface area contributed by atoms with E-state index in [-0.39, 0.29) is 0 Å². The number of nitrogens with two attached hydrogens (primary N) is 1. The lowest BCUT2D eigenvalue weighted by Crippen LogP contribution is -2.40. The average molecular weight is 268 g/mol. The van der Waals surface area contributed by atoms with Crippen LogP contribution in [-0.2, 0) is 0 Å². The summed E-state index contributed by atoms with van der Waals surface area (Å²) < 4.78 is 0. The summed E-state index contributed by atoms with van der Waals surface area (Å²) in [7, 11) is 0. The molecule has 1 aliphatic rings. The molecule has 0 aromatic carbocycles. The van der Waals surface area contributed by atoms with Crippen molar-refractivity contribution in [3.63, 3.8) is 0 Å². The van der Waals surface area contributed by atoms with Crippen LogP contribution in [0.1, 0.15) is 66.7 Å². The molecule has 0 aliphatic carbocycles. The first-order chi connectivity index (χ1) is 8.84. The van der Waals surface area contributed by atoms with Crippen molar-refractivity contribution in [3.05, 3.63) is 0 Å². The van der Waals surface area contributed by atoms with E-state index in [2.05, 4.69) is 39.5 Å². The Morgan fingerprint density at radius 3 is 2.42 bits per heavy atom. The number of rotatable bonds is 6. The normalized spacial score (nSPS) is 27.5. The van der Waals surface area contributed by atoms with Crippen LogP contribution in [-0.4, -0.2) is 30.6 Å². The number of hydrogen-bond acceptors (Lipinski definition) is 2. The van der Waals surface area contributed by atoms with Crippen molar-refractivity contribution >= 4 is 0 Å². The second kappa shape index (κ2) is 7.64. The third-order valence-electron chi connectivity index (χ3n) is 5.01. The lowest BCUT2D eigenvalue weighted by Gasteiger charge is -2.37. The van der Waals surface area contributed by atoms with Gasteiger partial charge in [0.2, 0.25) is 0 Å². The first kappa shape index (κ1) is 17.0. The molecule has 114 valence electrons. The fraction of sp³-hybridized carbons (Fsp3) is 1.00. The van der Waals surface area contributed by atoms with Gasteiger partial charge in [0.05, 0.1) is 0 Å². The zero-order valence-corrected chi connectivity index (χ0v) is 13.9. The van der Waals surface area contributed by atoms with E-state index in [1.807, 2.05) is 0 Å². The lowest BCUT2D eigenvalue weighted by molar-refractivity contribution is 0.119. The van der Waals surface area contributed by atoms with E-state index in [1.54, 1.807) is 0 Å². The fourth-order valence-electron chi connectivity index (χ4n) is 3.54. The molecule has 2 nitrogen and oxygen atoms in total. The highest BCUT2D eigenvalue weighted by Crippen LogP contribution is 2.32. The molecule has 0 aromatic rings. The third-order valence-corrected chi connectivity index (χ3v) is 5.01. The Labute approximate surface area is 121 Å². The van der Waals surface area contributed by atoms with Crippen molar-refractivity contribution in [2.24, 2.45) is 23.0 Å². The predicted molar refractivity (Wildman–Crippen MR) is 85.3 cm³/mol. The summed E-state index contributed by atoms with van der Waals surface area (Å²) in [6, 6.07) is 0.784. The molecule has 1 fully saturated rings. The van der Waals surface area contributed by atoms with Crippen LogP contribution in [0.4, 0.5) is 0 Å². The van der Waals surface area contributed by atoms with E-state index in [0.29, 0.717) is 5.41 Å². The van der Waals surface area contributed by atoms with Crippen molar-refractivity contribution in [1.82, 2.24) is 4.90 Å². The molecule has 0 radical (unpaired) electrons. The maximum absolute atomic E-state index is 5.77. The van der Waals surface area contributed by atoms with Crippen LogP contribution >= 0.6 is 0 Å². The summed E-state index contributed by atoms with van der Waals surface area (Å²) in [5.41, 5.74) is 6.17. The van der Waals surface area contributed by atoms with E-state index in [9.17, 15) is 0 Å². The molecule has 2 N–H and O–H groups in total. The van der Waals surface area contributed by atoms with Crippen LogP contribution in [0.3, 0.4) is 0 Å². The summed E-state index contributed by atoms with van der Waals surface area (Å²) in [6.07, 6.45) is 6.61. The summed E-state index contributed by atoms with van der Waals surface area (Å²) >= 11 is 0. The van der Waals surface area contributed by atoms with Crippen LogP contribution in [0.15, 0.2) is 0 Å². The molecule has 3 unspecified atom stereocenters. The number of piperidine rings is 1. The number of likely N-dealkylation sites (tertiary alicyclic amines) is 1. The van der Waals surface area contributed by atoms with Gasteiger partial charge in [-0.1, -0.05) is 27.7 Å². The van der Waals surface area contributed by atoms with Gasteiger partial charge in [0.25, 0.3) is 0 Å². The van der Waals surface area contributed by atoms with Gasteiger partial charge in [-0.3, -0.25) is 0 Å². The van der Waals surface area contributed by atoms with Crippen molar-refractivity contribution in [2.45, 2.75) is 72.8 Å². The highest BCUT2D eigenvalue weighted by molar-refractivity contribution is 4.79. The Morgan fingerprint density at radius 2 is 1.89 bits per heavy atom. The smallest absolute Gasteiger partial charge is 0.00694 e. The van der Waals surface area contributed by atoms with Crippen molar-refractivity contribution in [1.29, 1.82) is 0 Å².